The molecule has 1 atom stereocenters. The maximum Gasteiger partial charge on any atom is 0.0684 e. The Bertz CT molecular complexity index is 483. The molecule has 1 heterocycles. The highest BCUT2D eigenvalue weighted by molar-refractivity contribution is 5.85. The van der Waals surface area contributed by atoms with Crippen LogP contribution in [0, 0.1) is 6.92 Å². The second-order valence-electron chi connectivity index (χ2n) is 4.20. The summed E-state index contributed by atoms with van der Waals surface area (Å²) in [5, 5.41) is 5.70. The lowest BCUT2D eigenvalue weighted by Gasteiger charge is -2.07. The van der Waals surface area contributed by atoms with Crippen molar-refractivity contribution >= 4 is 10.9 Å². The summed E-state index contributed by atoms with van der Waals surface area (Å²) >= 11 is 0. The molecular formula is C12H17N3. The molecule has 3 heteroatoms. The summed E-state index contributed by atoms with van der Waals surface area (Å²) in [6, 6.07) is 6.50. The number of fused-ring (bicyclic) bond motifs is 1. The summed E-state index contributed by atoms with van der Waals surface area (Å²) in [7, 11) is 1.98. The molecule has 1 unspecified atom stereocenters. The van der Waals surface area contributed by atoms with Crippen molar-refractivity contribution in [2.75, 3.05) is 0 Å². The van der Waals surface area contributed by atoms with Crippen LogP contribution in [0.15, 0.2) is 18.2 Å². The Labute approximate surface area is 89.9 Å². The first-order valence-corrected chi connectivity index (χ1v) is 5.26. The third-order valence-corrected chi connectivity index (χ3v) is 2.68. The highest BCUT2D eigenvalue weighted by atomic mass is 15.3. The van der Waals surface area contributed by atoms with E-state index in [1.165, 1.54) is 16.5 Å². The van der Waals surface area contributed by atoms with Crippen LogP contribution >= 0.6 is 0 Å². The fraction of sp³-hybridized carbons (Fsp3) is 0.417. The van der Waals surface area contributed by atoms with Crippen LogP contribution in [0.3, 0.4) is 0 Å². The summed E-state index contributed by atoms with van der Waals surface area (Å²) in [5.74, 6) is 0. The van der Waals surface area contributed by atoms with Crippen LogP contribution in [0.2, 0.25) is 0 Å². The predicted octanol–water partition coefficient (Wildman–Crippen LogP) is 1.77. The molecule has 0 aliphatic carbocycles. The molecule has 2 aromatic rings. The molecule has 15 heavy (non-hydrogen) atoms. The molecule has 1 aromatic heterocycles. The summed E-state index contributed by atoms with van der Waals surface area (Å²) in [5.41, 5.74) is 9.42. The van der Waals surface area contributed by atoms with Crippen molar-refractivity contribution < 1.29 is 0 Å². The third-order valence-electron chi connectivity index (χ3n) is 2.68. The smallest absolute Gasteiger partial charge is 0.0684 e. The van der Waals surface area contributed by atoms with E-state index >= 15 is 0 Å². The summed E-state index contributed by atoms with van der Waals surface area (Å²) in [4.78, 5) is 0. The molecule has 80 valence electrons. The summed E-state index contributed by atoms with van der Waals surface area (Å²) < 4.78 is 1.93. The van der Waals surface area contributed by atoms with E-state index in [0.29, 0.717) is 0 Å². The van der Waals surface area contributed by atoms with Gasteiger partial charge in [-0.2, -0.15) is 5.10 Å². The second-order valence-corrected chi connectivity index (χ2v) is 4.20. The van der Waals surface area contributed by atoms with Gasteiger partial charge in [0.15, 0.2) is 0 Å². The molecule has 0 bridgehead atoms. The SMILES string of the molecule is Cc1nn(C)c2cccc(CC(C)N)c12. The minimum Gasteiger partial charge on any atom is -0.328 e. The lowest BCUT2D eigenvalue weighted by Crippen LogP contribution is -2.17. The average Bonchev–Trinajstić information content (AvgIpc) is 2.43. The van der Waals surface area contributed by atoms with E-state index in [-0.39, 0.29) is 6.04 Å². The van der Waals surface area contributed by atoms with Gasteiger partial charge in [-0.25, -0.2) is 0 Å². The number of rotatable bonds is 2. The van der Waals surface area contributed by atoms with Crippen molar-refractivity contribution in [2.24, 2.45) is 12.8 Å². The van der Waals surface area contributed by atoms with Crippen molar-refractivity contribution in [3.8, 4) is 0 Å². The second kappa shape index (κ2) is 3.66. The number of aromatic nitrogens is 2. The third kappa shape index (κ3) is 1.75. The van der Waals surface area contributed by atoms with E-state index in [1.807, 2.05) is 25.6 Å². The van der Waals surface area contributed by atoms with Crippen LogP contribution < -0.4 is 5.73 Å². The molecule has 0 spiro atoms. The van der Waals surface area contributed by atoms with Gasteiger partial charge in [-0.05, 0) is 31.9 Å². The Morgan fingerprint density at radius 3 is 2.87 bits per heavy atom. The molecule has 0 fully saturated rings. The van der Waals surface area contributed by atoms with Crippen LogP contribution in [0.25, 0.3) is 10.9 Å². The van der Waals surface area contributed by atoms with Gasteiger partial charge in [0, 0.05) is 18.5 Å². The fourth-order valence-electron chi connectivity index (χ4n) is 2.12. The normalized spacial score (nSPS) is 13.3. The highest BCUT2D eigenvalue weighted by Gasteiger charge is 2.09. The fourth-order valence-corrected chi connectivity index (χ4v) is 2.12. The van der Waals surface area contributed by atoms with E-state index in [1.54, 1.807) is 0 Å². The number of aryl methyl sites for hydroxylation is 2. The zero-order valence-corrected chi connectivity index (χ0v) is 9.49. The highest BCUT2D eigenvalue weighted by Crippen LogP contribution is 2.22. The minimum absolute atomic E-state index is 0.190. The van der Waals surface area contributed by atoms with Crippen molar-refractivity contribution in [2.45, 2.75) is 26.3 Å². The van der Waals surface area contributed by atoms with Crippen LogP contribution in [0.4, 0.5) is 0 Å². The molecule has 0 saturated carbocycles. The topological polar surface area (TPSA) is 43.8 Å². The lowest BCUT2D eigenvalue weighted by molar-refractivity contribution is 0.741. The van der Waals surface area contributed by atoms with E-state index in [0.717, 1.165) is 12.1 Å². The molecule has 3 nitrogen and oxygen atoms in total. The van der Waals surface area contributed by atoms with Crippen LogP contribution in [0.5, 0.6) is 0 Å². The van der Waals surface area contributed by atoms with Crippen LogP contribution in [-0.2, 0) is 13.5 Å². The predicted molar refractivity (Wildman–Crippen MR) is 62.8 cm³/mol. The standard InChI is InChI=1S/C12H17N3/c1-8(13)7-10-5-4-6-11-12(10)9(2)14-15(11)3/h4-6,8H,7,13H2,1-3H3. The first kappa shape index (κ1) is 10.2. The van der Waals surface area contributed by atoms with Crippen LogP contribution in [0.1, 0.15) is 18.2 Å². The molecule has 0 amide bonds. The maximum atomic E-state index is 5.85. The first-order valence-electron chi connectivity index (χ1n) is 5.26. The molecule has 0 radical (unpaired) electrons. The Kier molecular flexibility index (Phi) is 2.49. The summed E-state index contributed by atoms with van der Waals surface area (Å²) in [6.45, 7) is 4.08. The lowest BCUT2D eigenvalue weighted by atomic mass is 10.0. The van der Waals surface area contributed by atoms with Gasteiger partial charge in [-0.1, -0.05) is 12.1 Å². The van der Waals surface area contributed by atoms with Crippen molar-refractivity contribution in [1.82, 2.24) is 9.78 Å². The molecule has 2 rings (SSSR count). The van der Waals surface area contributed by atoms with Crippen molar-refractivity contribution in [3.05, 3.63) is 29.5 Å². The molecular weight excluding hydrogens is 186 g/mol. The van der Waals surface area contributed by atoms with E-state index < -0.39 is 0 Å². The molecule has 1 aromatic carbocycles. The largest absolute Gasteiger partial charge is 0.328 e. The van der Waals surface area contributed by atoms with E-state index in [9.17, 15) is 0 Å². The molecule has 0 aliphatic rings. The Morgan fingerprint density at radius 2 is 2.20 bits per heavy atom. The van der Waals surface area contributed by atoms with Gasteiger partial charge in [0.1, 0.15) is 0 Å². The van der Waals surface area contributed by atoms with Gasteiger partial charge in [-0.3, -0.25) is 4.68 Å². The van der Waals surface area contributed by atoms with Gasteiger partial charge in [0.2, 0.25) is 0 Å². The number of nitrogens with two attached hydrogens (primary N) is 1. The summed E-state index contributed by atoms with van der Waals surface area (Å²) in [6.07, 6.45) is 0.907. The molecule has 0 aliphatic heterocycles. The molecule has 0 saturated heterocycles. The van der Waals surface area contributed by atoms with E-state index in [2.05, 4.69) is 23.3 Å². The molecule has 2 N–H and O–H groups in total. The Hall–Kier alpha value is -1.35. The van der Waals surface area contributed by atoms with Crippen molar-refractivity contribution in [3.63, 3.8) is 0 Å². The average molecular weight is 203 g/mol. The minimum atomic E-state index is 0.190. The van der Waals surface area contributed by atoms with Gasteiger partial charge in [-0.15, -0.1) is 0 Å². The number of hydrogen-bond acceptors (Lipinski definition) is 2. The number of benzene rings is 1. The van der Waals surface area contributed by atoms with Gasteiger partial charge >= 0.3 is 0 Å². The quantitative estimate of drug-likeness (QED) is 0.808. The monoisotopic (exact) mass is 203 g/mol. The van der Waals surface area contributed by atoms with Crippen LogP contribution in [-0.4, -0.2) is 15.8 Å². The van der Waals surface area contributed by atoms with Gasteiger partial charge in [0.25, 0.3) is 0 Å². The Morgan fingerprint density at radius 1 is 1.47 bits per heavy atom. The first-order chi connectivity index (χ1) is 7.09. The van der Waals surface area contributed by atoms with E-state index in [4.69, 9.17) is 5.73 Å². The van der Waals surface area contributed by atoms with Gasteiger partial charge in [0.05, 0.1) is 11.2 Å². The number of hydrogen-bond donors (Lipinski definition) is 1. The zero-order valence-electron chi connectivity index (χ0n) is 9.49. The maximum absolute atomic E-state index is 5.85. The Balaban J connectivity index is 2.64. The zero-order chi connectivity index (χ0) is 11.0. The number of nitrogens with zero attached hydrogens (tertiary/aromatic N) is 2. The van der Waals surface area contributed by atoms with Crippen molar-refractivity contribution in [1.29, 1.82) is 0 Å². The van der Waals surface area contributed by atoms with Gasteiger partial charge < -0.3 is 5.73 Å².